The fourth-order valence-corrected chi connectivity index (χ4v) is 1.85. The summed E-state index contributed by atoms with van der Waals surface area (Å²) in [4.78, 5) is 21.1. The van der Waals surface area contributed by atoms with Crippen LogP contribution >= 0.6 is 0 Å². The third-order valence-corrected chi connectivity index (χ3v) is 2.73. The van der Waals surface area contributed by atoms with Crippen LogP contribution in [0.3, 0.4) is 0 Å². The minimum absolute atomic E-state index is 0.0643. The van der Waals surface area contributed by atoms with Crippen LogP contribution in [0.2, 0.25) is 0 Å². The van der Waals surface area contributed by atoms with E-state index >= 15 is 0 Å². The maximum Gasteiger partial charge on any atom is 0.346 e. The highest BCUT2D eigenvalue weighted by molar-refractivity contribution is 6.00. The first-order valence-corrected chi connectivity index (χ1v) is 5.54. The van der Waals surface area contributed by atoms with E-state index in [1.807, 2.05) is 0 Å². The number of hydrogen-bond acceptors (Lipinski definition) is 4. The lowest BCUT2D eigenvalue weighted by atomic mass is 9.94. The largest absolute Gasteiger partial charge is 0.477 e. The Balaban J connectivity index is 3.48. The third-order valence-electron chi connectivity index (χ3n) is 2.73. The highest BCUT2D eigenvalue weighted by Crippen LogP contribution is 2.28. The molecule has 0 amide bonds. The van der Waals surface area contributed by atoms with Gasteiger partial charge in [0, 0.05) is 12.1 Å². The Labute approximate surface area is 109 Å². The normalized spacial score (nSPS) is 11.4. The van der Waals surface area contributed by atoms with Gasteiger partial charge in [-0.1, -0.05) is 6.92 Å². The zero-order valence-electron chi connectivity index (χ0n) is 10.5. The number of nitrogens with zero attached hydrogens (tertiary/aromatic N) is 2. The molecule has 1 N–H and O–H groups in total. The van der Waals surface area contributed by atoms with Gasteiger partial charge in [-0.2, -0.15) is 5.26 Å². The smallest absolute Gasteiger partial charge is 0.346 e. The standard InChI is InChI=1S/C13H12N2O4/c1-3-10(12(7-14)13(16)17)11-5-4-9(15(18)19)6-8(11)2/h4-6H,3H2,1-2H3,(H,16,17). The number of aryl methyl sites for hydroxylation is 1. The molecule has 98 valence electrons. The Bertz CT molecular complexity index is 612. The SMILES string of the molecule is CCC(=C(C#N)C(=O)O)c1ccc([N+](=O)[O-])cc1C. The molecule has 0 heterocycles. The van der Waals surface area contributed by atoms with Gasteiger partial charge in [-0.15, -0.1) is 0 Å². The van der Waals surface area contributed by atoms with Crippen molar-refractivity contribution in [1.82, 2.24) is 0 Å². The van der Waals surface area contributed by atoms with E-state index in [-0.39, 0.29) is 11.3 Å². The fraction of sp³-hybridized carbons (Fsp3) is 0.231. The second-order valence-corrected chi connectivity index (χ2v) is 3.88. The first kappa shape index (κ1) is 14.4. The van der Waals surface area contributed by atoms with Crippen molar-refractivity contribution in [3.63, 3.8) is 0 Å². The monoisotopic (exact) mass is 260 g/mol. The molecule has 0 fully saturated rings. The molecule has 0 saturated heterocycles. The molecule has 1 aromatic rings. The predicted molar refractivity (Wildman–Crippen MR) is 68.3 cm³/mol. The van der Waals surface area contributed by atoms with Gasteiger partial charge in [0.2, 0.25) is 0 Å². The van der Waals surface area contributed by atoms with Crippen LogP contribution in [0.4, 0.5) is 5.69 Å². The summed E-state index contributed by atoms with van der Waals surface area (Å²) in [5, 5.41) is 28.5. The lowest BCUT2D eigenvalue weighted by Gasteiger charge is -2.09. The molecule has 0 bridgehead atoms. The number of rotatable bonds is 4. The van der Waals surface area contributed by atoms with Crippen LogP contribution in [0, 0.1) is 28.4 Å². The summed E-state index contributed by atoms with van der Waals surface area (Å²) in [6.45, 7) is 3.38. The molecule has 6 nitrogen and oxygen atoms in total. The van der Waals surface area contributed by atoms with Crippen LogP contribution in [0.15, 0.2) is 23.8 Å². The highest BCUT2D eigenvalue weighted by atomic mass is 16.6. The quantitative estimate of drug-likeness (QED) is 0.388. The second-order valence-electron chi connectivity index (χ2n) is 3.88. The number of aliphatic carboxylic acids is 1. The molecule has 0 radical (unpaired) electrons. The summed E-state index contributed by atoms with van der Waals surface area (Å²) in [6.07, 6.45) is 0.355. The summed E-state index contributed by atoms with van der Waals surface area (Å²) < 4.78 is 0. The summed E-state index contributed by atoms with van der Waals surface area (Å²) in [5.41, 5.74) is 1.10. The van der Waals surface area contributed by atoms with Crippen LogP contribution in [-0.2, 0) is 4.79 Å². The van der Waals surface area contributed by atoms with E-state index in [0.717, 1.165) is 0 Å². The molecule has 0 aromatic heterocycles. The van der Waals surface area contributed by atoms with E-state index in [9.17, 15) is 14.9 Å². The number of nitriles is 1. The molecule has 0 aliphatic rings. The zero-order chi connectivity index (χ0) is 14.6. The number of hydrogen-bond donors (Lipinski definition) is 1. The van der Waals surface area contributed by atoms with Crippen LogP contribution in [-0.4, -0.2) is 16.0 Å². The van der Waals surface area contributed by atoms with Crippen molar-refractivity contribution in [1.29, 1.82) is 5.26 Å². The number of non-ortho nitro benzene ring substituents is 1. The van der Waals surface area contributed by atoms with Gasteiger partial charge in [-0.3, -0.25) is 10.1 Å². The van der Waals surface area contributed by atoms with E-state index in [0.29, 0.717) is 23.1 Å². The van der Waals surface area contributed by atoms with Gasteiger partial charge >= 0.3 is 5.97 Å². The number of carbonyl (C=O) groups is 1. The minimum Gasteiger partial charge on any atom is -0.477 e. The molecular weight excluding hydrogens is 248 g/mol. The molecule has 0 spiro atoms. The second kappa shape index (κ2) is 5.78. The Kier molecular flexibility index (Phi) is 4.37. The molecule has 0 saturated carbocycles. The van der Waals surface area contributed by atoms with Crippen LogP contribution in [0.25, 0.3) is 5.57 Å². The van der Waals surface area contributed by atoms with Gasteiger partial charge in [-0.05, 0) is 36.1 Å². The van der Waals surface area contributed by atoms with E-state index in [4.69, 9.17) is 10.4 Å². The van der Waals surface area contributed by atoms with Crippen LogP contribution in [0.5, 0.6) is 0 Å². The van der Waals surface area contributed by atoms with E-state index in [1.165, 1.54) is 18.2 Å². The summed E-state index contributed by atoms with van der Waals surface area (Å²) in [6, 6.07) is 5.80. The van der Waals surface area contributed by atoms with Crippen LogP contribution in [0.1, 0.15) is 24.5 Å². The predicted octanol–water partition coefficient (Wildman–Crippen LogP) is 2.68. The van der Waals surface area contributed by atoms with Crippen molar-refractivity contribution >= 4 is 17.2 Å². The van der Waals surface area contributed by atoms with E-state index < -0.39 is 10.9 Å². The molecule has 0 aliphatic carbocycles. The minimum atomic E-state index is -1.29. The maximum absolute atomic E-state index is 11.0. The summed E-state index contributed by atoms with van der Waals surface area (Å²) in [7, 11) is 0. The van der Waals surface area contributed by atoms with Crippen molar-refractivity contribution in [2.75, 3.05) is 0 Å². The summed E-state index contributed by atoms with van der Waals surface area (Å²) >= 11 is 0. The Hall–Kier alpha value is -2.68. The lowest BCUT2D eigenvalue weighted by molar-refractivity contribution is -0.384. The Morgan fingerprint density at radius 2 is 2.16 bits per heavy atom. The van der Waals surface area contributed by atoms with Crippen LogP contribution < -0.4 is 0 Å². The number of carboxylic acid groups (broad SMARTS) is 1. The van der Waals surface area contributed by atoms with Crippen molar-refractivity contribution in [3.05, 3.63) is 45.0 Å². The molecule has 19 heavy (non-hydrogen) atoms. The number of allylic oxidation sites excluding steroid dienone is 1. The summed E-state index contributed by atoms with van der Waals surface area (Å²) in [5.74, 6) is -1.29. The average molecular weight is 260 g/mol. The fourth-order valence-electron chi connectivity index (χ4n) is 1.85. The first-order chi connectivity index (χ1) is 8.92. The van der Waals surface area contributed by atoms with Crippen molar-refractivity contribution < 1.29 is 14.8 Å². The van der Waals surface area contributed by atoms with Crippen molar-refractivity contribution in [2.24, 2.45) is 0 Å². The molecule has 0 aliphatic heterocycles. The molecule has 6 heteroatoms. The molecule has 0 unspecified atom stereocenters. The van der Waals surface area contributed by atoms with E-state index in [2.05, 4.69) is 0 Å². The molecule has 1 aromatic carbocycles. The Morgan fingerprint density at radius 1 is 1.53 bits per heavy atom. The van der Waals surface area contributed by atoms with E-state index in [1.54, 1.807) is 19.9 Å². The first-order valence-electron chi connectivity index (χ1n) is 5.54. The van der Waals surface area contributed by atoms with Crippen molar-refractivity contribution in [3.8, 4) is 6.07 Å². The van der Waals surface area contributed by atoms with Gasteiger partial charge in [0.1, 0.15) is 11.6 Å². The Morgan fingerprint density at radius 3 is 2.53 bits per heavy atom. The van der Waals surface area contributed by atoms with Gasteiger partial charge in [0.15, 0.2) is 0 Å². The van der Waals surface area contributed by atoms with Crippen molar-refractivity contribution in [2.45, 2.75) is 20.3 Å². The third kappa shape index (κ3) is 2.96. The molecule has 1 rings (SSSR count). The van der Waals surface area contributed by atoms with Gasteiger partial charge in [-0.25, -0.2) is 4.79 Å². The van der Waals surface area contributed by atoms with Gasteiger partial charge in [0.25, 0.3) is 5.69 Å². The lowest BCUT2D eigenvalue weighted by Crippen LogP contribution is -2.03. The maximum atomic E-state index is 11.0. The molecule has 0 atom stereocenters. The van der Waals surface area contributed by atoms with Gasteiger partial charge in [0.05, 0.1) is 4.92 Å². The topological polar surface area (TPSA) is 104 Å². The number of carboxylic acids is 1. The highest BCUT2D eigenvalue weighted by Gasteiger charge is 2.17. The zero-order valence-corrected chi connectivity index (χ0v) is 10.5. The molecular formula is C13H12N2O4. The number of nitro benzene ring substituents is 1. The average Bonchev–Trinajstić information content (AvgIpc) is 2.35. The van der Waals surface area contributed by atoms with Gasteiger partial charge < -0.3 is 5.11 Å². The number of nitro groups is 1. The number of benzene rings is 1.